The van der Waals surface area contributed by atoms with Gasteiger partial charge in [-0.3, -0.25) is 4.90 Å². The van der Waals surface area contributed by atoms with Crippen LogP contribution in [-0.4, -0.2) is 36.9 Å². The molecule has 1 aliphatic rings. The van der Waals surface area contributed by atoms with Gasteiger partial charge in [-0.05, 0) is 32.4 Å². The van der Waals surface area contributed by atoms with E-state index >= 15 is 0 Å². The molecule has 1 fully saturated rings. The zero-order valence-electron chi connectivity index (χ0n) is 9.46. The summed E-state index contributed by atoms with van der Waals surface area (Å²) >= 11 is 0. The zero-order valence-corrected chi connectivity index (χ0v) is 9.46. The summed E-state index contributed by atoms with van der Waals surface area (Å²) in [5.74, 6) is 0. The Labute approximate surface area is 95.8 Å². The highest BCUT2D eigenvalue weighted by Gasteiger charge is 2.54. The van der Waals surface area contributed by atoms with Crippen molar-refractivity contribution in [2.24, 2.45) is 5.41 Å². The van der Waals surface area contributed by atoms with E-state index in [2.05, 4.69) is 0 Å². The minimum atomic E-state index is -4.34. The van der Waals surface area contributed by atoms with Gasteiger partial charge in [0.2, 0.25) is 0 Å². The SMILES string of the molecule is CCC1(C(F)(F)F)CCN(CC(F)(F)F)CC1. The van der Waals surface area contributed by atoms with E-state index < -0.39 is 24.3 Å². The molecular weight excluding hydrogens is 248 g/mol. The van der Waals surface area contributed by atoms with Crippen LogP contribution in [0.3, 0.4) is 0 Å². The van der Waals surface area contributed by atoms with Crippen LogP contribution >= 0.6 is 0 Å². The van der Waals surface area contributed by atoms with Crippen LogP contribution in [0, 0.1) is 5.41 Å². The molecule has 0 aromatic heterocycles. The first kappa shape index (κ1) is 14.6. The predicted molar refractivity (Wildman–Crippen MR) is 50.5 cm³/mol. The molecule has 0 amide bonds. The highest BCUT2D eigenvalue weighted by atomic mass is 19.4. The Bertz CT molecular complexity index is 249. The molecule has 0 aromatic carbocycles. The van der Waals surface area contributed by atoms with Gasteiger partial charge in [0.25, 0.3) is 0 Å². The van der Waals surface area contributed by atoms with Crippen LogP contribution in [0.4, 0.5) is 26.3 Å². The molecule has 0 radical (unpaired) electrons. The van der Waals surface area contributed by atoms with Crippen molar-refractivity contribution >= 4 is 0 Å². The molecule has 1 nitrogen and oxygen atoms in total. The average molecular weight is 263 g/mol. The van der Waals surface area contributed by atoms with E-state index in [1.165, 1.54) is 6.92 Å². The van der Waals surface area contributed by atoms with Gasteiger partial charge in [0.05, 0.1) is 12.0 Å². The summed E-state index contributed by atoms with van der Waals surface area (Å²) in [6, 6.07) is 0. The van der Waals surface area contributed by atoms with E-state index in [4.69, 9.17) is 0 Å². The summed E-state index contributed by atoms with van der Waals surface area (Å²) in [4.78, 5) is 1.04. The number of halogens is 6. The largest absolute Gasteiger partial charge is 0.401 e. The Balaban J connectivity index is 2.60. The Morgan fingerprint density at radius 3 is 1.76 bits per heavy atom. The van der Waals surface area contributed by atoms with E-state index in [-0.39, 0.29) is 32.4 Å². The lowest BCUT2D eigenvalue weighted by Crippen LogP contribution is -2.49. The molecule has 1 saturated heterocycles. The van der Waals surface area contributed by atoms with Crippen molar-refractivity contribution in [2.45, 2.75) is 38.5 Å². The van der Waals surface area contributed by atoms with Gasteiger partial charge in [0.15, 0.2) is 0 Å². The second kappa shape index (κ2) is 4.66. The Morgan fingerprint density at radius 2 is 1.47 bits per heavy atom. The van der Waals surface area contributed by atoms with E-state index in [0.717, 1.165) is 4.90 Å². The Morgan fingerprint density at radius 1 is 1.00 bits per heavy atom. The monoisotopic (exact) mass is 263 g/mol. The van der Waals surface area contributed by atoms with Crippen molar-refractivity contribution in [1.29, 1.82) is 0 Å². The first-order valence-electron chi connectivity index (χ1n) is 5.45. The lowest BCUT2D eigenvalue weighted by Gasteiger charge is -2.42. The van der Waals surface area contributed by atoms with E-state index in [9.17, 15) is 26.3 Å². The molecule has 0 atom stereocenters. The van der Waals surface area contributed by atoms with Gasteiger partial charge in [-0.15, -0.1) is 0 Å². The fourth-order valence-electron chi connectivity index (χ4n) is 2.23. The number of likely N-dealkylation sites (tertiary alicyclic amines) is 1. The van der Waals surface area contributed by atoms with Crippen LogP contribution in [0.25, 0.3) is 0 Å². The molecule has 102 valence electrons. The highest BCUT2D eigenvalue weighted by molar-refractivity contribution is 4.91. The first-order chi connectivity index (χ1) is 7.60. The number of hydrogen-bond donors (Lipinski definition) is 0. The normalized spacial score (nSPS) is 22.8. The summed E-state index contributed by atoms with van der Waals surface area (Å²) < 4.78 is 74.7. The van der Waals surface area contributed by atoms with Gasteiger partial charge < -0.3 is 0 Å². The second-order valence-corrected chi connectivity index (χ2v) is 4.52. The Kier molecular flexibility index (Phi) is 4.01. The molecule has 0 unspecified atom stereocenters. The van der Waals surface area contributed by atoms with E-state index in [1.54, 1.807) is 0 Å². The Hall–Kier alpha value is -0.460. The minimum absolute atomic E-state index is 0.0731. The number of alkyl halides is 6. The maximum Gasteiger partial charge on any atom is 0.401 e. The highest BCUT2D eigenvalue weighted by Crippen LogP contribution is 2.48. The number of piperidine rings is 1. The summed E-state index contributed by atoms with van der Waals surface area (Å²) in [6.07, 6.45) is -9.24. The summed E-state index contributed by atoms with van der Waals surface area (Å²) in [5, 5.41) is 0. The lowest BCUT2D eigenvalue weighted by molar-refractivity contribution is -0.242. The van der Waals surface area contributed by atoms with Crippen LogP contribution in [0.15, 0.2) is 0 Å². The van der Waals surface area contributed by atoms with Crippen molar-refractivity contribution in [2.75, 3.05) is 19.6 Å². The van der Waals surface area contributed by atoms with Crippen molar-refractivity contribution in [3.05, 3.63) is 0 Å². The van der Waals surface area contributed by atoms with Gasteiger partial charge in [-0.2, -0.15) is 26.3 Å². The molecule has 1 rings (SSSR count). The van der Waals surface area contributed by atoms with Gasteiger partial charge >= 0.3 is 12.4 Å². The molecule has 0 N–H and O–H groups in total. The van der Waals surface area contributed by atoms with Crippen molar-refractivity contribution < 1.29 is 26.3 Å². The van der Waals surface area contributed by atoms with Crippen LogP contribution in [0.1, 0.15) is 26.2 Å². The van der Waals surface area contributed by atoms with Crippen LogP contribution in [0.2, 0.25) is 0 Å². The third-order valence-corrected chi connectivity index (χ3v) is 3.49. The summed E-state index contributed by atoms with van der Waals surface area (Å²) in [5.41, 5.74) is -1.80. The number of rotatable bonds is 2. The molecule has 17 heavy (non-hydrogen) atoms. The van der Waals surface area contributed by atoms with Gasteiger partial charge in [0, 0.05) is 0 Å². The minimum Gasteiger partial charge on any atom is -0.295 e. The summed E-state index contributed by atoms with van der Waals surface area (Å²) in [6.45, 7) is 0.0251. The van der Waals surface area contributed by atoms with Gasteiger partial charge in [-0.1, -0.05) is 6.92 Å². The number of nitrogens with zero attached hydrogens (tertiary/aromatic N) is 1. The average Bonchev–Trinajstić information content (AvgIpc) is 2.15. The molecule has 0 aromatic rings. The topological polar surface area (TPSA) is 3.24 Å². The molecule has 1 heterocycles. The van der Waals surface area contributed by atoms with Gasteiger partial charge in [0.1, 0.15) is 0 Å². The fraction of sp³-hybridized carbons (Fsp3) is 1.00. The van der Waals surface area contributed by atoms with Crippen LogP contribution in [-0.2, 0) is 0 Å². The molecular formula is C10H15F6N. The fourth-order valence-corrected chi connectivity index (χ4v) is 2.23. The molecule has 0 bridgehead atoms. The standard InChI is InChI=1S/C10H15F6N/c1-2-8(10(14,15)16)3-5-17(6-4-8)7-9(11,12)13/h2-7H2,1H3. The maximum absolute atomic E-state index is 12.8. The smallest absolute Gasteiger partial charge is 0.295 e. The third-order valence-electron chi connectivity index (χ3n) is 3.49. The van der Waals surface area contributed by atoms with Crippen molar-refractivity contribution in [3.8, 4) is 0 Å². The second-order valence-electron chi connectivity index (χ2n) is 4.52. The molecule has 1 aliphatic heterocycles. The lowest BCUT2D eigenvalue weighted by atomic mass is 9.75. The van der Waals surface area contributed by atoms with Crippen molar-refractivity contribution in [1.82, 2.24) is 4.90 Å². The molecule has 0 spiro atoms. The van der Waals surface area contributed by atoms with Crippen LogP contribution in [0.5, 0.6) is 0 Å². The van der Waals surface area contributed by atoms with E-state index in [0.29, 0.717) is 0 Å². The molecule has 0 saturated carbocycles. The van der Waals surface area contributed by atoms with Gasteiger partial charge in [-0.25, -0.2) is 0 Å². The quantitative estimate of drug-likeness (QED) is 0.688. The summed E-state index contributed by atoms with van der Waals surface area (Å²) in [7, 11) is 0. The zero-order chi connectivity index (χ0) is 13.3. The van der Waals surface area contributed by atoms with E-state index in [1.807, 2.05) is 0 Å². The third kappa shape index (κ3) is 3.50. The first-order valence-corrected chi connectivity index (χ1v) is 5.45. The molecule has 0 aliphatic carbocycles. The molecule has 7 heteroatoms. The predicted octanol–water partition coefficient (Wildman–Crippen LogP) is 3.60. The number of hydrogen-bond acceptors (Lipinski definition) is 1. The van der Waals surface area contributed by atoms with Crippen molar-refractivity contribution in [3.63, 3.8) is 0 Å². The van der Waals surface area contributed by atoms with Crippen LogP contribution < -0.4 is 0 Å². The maximum atomic E-state index is 12.8.